The number of nitrogen functional groups attached to an aromatic ring is 1. The molecule has 2 aromatic rings. The largest absolute Gasteiger partial charge is 0.504 e. The summed E-state index contributed by atoms with van der Waals surface area (Å²) in [5.74, 6) is 0.350. The van der Waals surface area contributed by atoms with Gasteiger partial charge >= 0.3 is 5.97 Å². The van der Waals surface area contributed by atoms with Crippen molar-refractivity contribution >= 4 is 17.6 Å². The second-order valence-corrected chi connectivity index (χ2v) is 11.0. The van der Waals surface area contributed by atoms with Crippen molar-refractivity contribution < 1.29 is 24.2 Å². The zero-order valence-electron chi connectivity index (χ0n) is 27.2. The number of unbranched alkanes of at least 4 members (excludes halogenated alkanes) is 7. The maximum atomic E-state index is 11.9. The Labute approximate surface area is 260 Å². The van der Waals surface area contributed by atoms with E-state index in [2.05, 4.69) is 31.0 Å². The first kappa shape index (κ1) is 37.8. The highest BCUT2D eigenvalue weighted by Crippen LogP contribution is 2.26. The van der Waals surface area contributed by atoms with Crippen LogP contribution in [0.1, 0.15) is 114 Å². The molecule has 43 heavy (non-hydrogen) atoms. The van der Waals surface area contributed by atoms with Gasteiger partial charge in [-0.1, -0.05) is 71.8 Å². The summed E-state index contributed by atoms with van der Waals surface area (Å²) in [7, 11) is 1.51. The minimum Gasteiger partial charge on any atom is -0.504 e. The first-order valence-electron chi connectivity index (χ1n) is 16.2. The highest BCUT2D eigenvalue weighted by molar-refractivity contribution is 5.89. The number of anilines is 1. The van der Waals surface area contributed by atoms with Crippen LogP contribution in [0.3, 0.4) is 0 Å². The maximum Gasteiger partial charge on any atom is 0.338 e. The summed E-state index contributed by atoms with van der Waals surface area (Å²) >= 11 is 0. The molecule has 8 nitrogen and oxygen atoms in total. The number of carbonyl (C=O) groups is 2. The van der Waals surface area contributed by atoms with E-state index in [1.807, 2.05) is 0 Å². The number of phenols is 1. The number of nitrogens with two attached hydrogens (primary N) is 1. The number of ether oxygens (including phenoxy) is 2. The van der Waals surface area contributed by atoms with E-state index in [1.165, 1.54) is 58.5 Å². The summed E-state index contributed by atoms with van der Waals surface area (Å²) in [6, 6.07) is 11.9. The van der Waals surface area contributed by atoms with Crippen LogP contribution in [0.4, 0.5) is 5.69 Å². The van der Waals surface area contributed by atoms with Gasteiger partial charge in [0.15, 0.2) is 11.5 Å². The van der Waals surface area contributed by atoms with Gasteiger partial charge in [0.1, 0.15) is 0 Å². The fraction of sp³-hybridized carbons (Fsp3) is 0.600. The predicted molar refractivity (Wildman–Crippen MR) is 177 cm³/mol. The minimum absolute atomic E-state index is 0.0810. The normalized spacial score (nSPS) is 10.6. The zero-order chi connectivity index (χ0) is 31.7. The van der Waals surface area contributed by atoms with E-state index in [-0.39, 0.29) is 17.6 Å². The smallest absolute Gasteiger partial charge is 0.338 e. The molecule has 2 aromatic carbocycles. The molecule has 0 spiro atoms. The molecule has 0 saturated carbocycles. The lowest BCUT2D eigenvalue weighted by Crippen LogP contribution is -2.28. The third-order valence-electron chi connectivity index (χ3n) is 7.15. The SMILES string of the molecule is CCCCCCCCC(=O)NCc1ccc(O)c(OC)c1.CCCCN(CCCC)CCCOC(=O)c1ccc(N)cc1. The number of carbonyl (C=O) groups excluding carboxylic acids is 2. The van der Waals surface area contributed by atoms with Gasteiger partial charge in [0.25, 0.3) is 0 Å². The van der Waals surface area contributed by atoms with Crippen molar-refractivity contribution in [3.05, 3.63) is 53.6 Å². The van der Waals surface area contributed by atoms with E-state index in [1.54, 1.807) is 42.5 Å². The summed E-state index contributed by atoms with van der Waals surface area (Å²) in [5, 5.41) is 12.4. The average Bonchev–Trinajstić information content (AvgIpc) is 3.02. The molecule has 0 radical (unpaired) electrons. The van der Waals surface area contributed by atoms with Crippen LogP contribution < -0.4 is 15.8 Å². The first-order valence-corrected chi connectivity index (χ1v) is 16.2. The van der Waals surface area contributed by atoms with Crippen molar-refractivity contribution in [1.29, 1.82) is 0 Å². The topological polar surface area (TPSA) is 114 Å². The number of esters is 1. The number of nitrogens with zero attached hydrogens (tertiary/aromatic N) is 1. The number of methoxy groups -OCH3 is 1. The van der Waals surface area contributed by atoms with Gasteiger partial charge in [0, 0.05) is 25.2 Å². The number of phenolic OH excluding ortho intramolecular Hbond substituents is 1. The standard InChI is InChI=1S/C18H30N2O2.C17H27NO3/c1-3-5-12-20(13-6-4-2)14-7-15-22-18(21)16-8-10-17(19)11-9-16;1-3-4-5-6-7-8-9-17(20)18-13-14-10-11-15(19)16(12-14)21-2/h8-11H,3-7,12-15,19H2,1-2H3;10-12,19H,3-9,13H2,1-2H3,(H,18,20). The second kappa shape index (κ2) is 24.2. The minimum atomic E-state index is -0.270. The molecule has 0 heterocycles. The van der Waals surface area contributed by atoms with Gasteiger partial charge in [0.05, 0.1) is 19.3 Å². The van der Waals surface area contributed by atoms with E-state index in [0.717, 1.165) is 44.5 Å². The molecule has 0 aromatic heterocycles. The molecule has 0 fully saturated rings. The number of benzene rings is 2. The summed E-state index contributed by atoms with van der Waals surface area (Å²) < 4.78 is 10.4. The predicted octanol–water partition coefficient (Wildman–Crippen LogP) is 7.49. The summed E-state index contributed by atoms with van der Waals surface area (Å²) in [4.78, 5) is 26.1. The fourth-order valence-electron chi connectivity index (χ4n) is 4.44. The molecule has 2 rings (SSSR count). The van der Waals surface area contributed by atoms with Gasteiger partial charge in [-0.15, -0.1) is 0 Å². The Morgan fingerprint density at radius 1 is 0.814 bits per heavy atom. The van der Waals surface area contributed by atoms with Gasteiger partial charge in [-0.05, 0) is 80.7 Å². The van der Waals surface area contributed by atoms with Gasteiger partial charge in [0.2, 0.25) is 5.91 Å². The van der Waals surface area contributed by atoms with Gasteiger partial charge < -0.3 is 30.5 Å². The Hall–Kier alpha value is -3.26. The van der Waals surface area contributed by atoms with Gasteiger partial charge in [-0.2, -0.15) is 0 Å². The Bertz CT molecular complexity index is 1010. The lowest BCUT2D eigenvalue weighted by atomic mass is 10.1. The van der Waals surface area contributed by atoms with Crippen molar-refractivity contribution in [3.63, 3.8) is 0 Å². The van der Waals surface area contributed by atoms with Crippen LogP contribution >= 0.6 is 0 Å². The van der Waals surface area contributed by atoms with E-state index < -0.39 is 0 Å². The molecule has 8 heteroatoms. The molecule has 4 N–H and O–H groups in total. The number of hydrogen-bond donors (Lipinski definition) is 3. The van der Waals surface area contributed by atoms with E-state index in [9.17, 15) is 14.7 Å². The van der Waals surface area contributed by atoms with Gasteiger partial charge in [-0.25, -0.2) is 4.79 Å². The van der Waals surface area contributed by atoms with E-state index in [0.29, 0.717) is 36.6 Å². The molecular weight excluding hydrogens is 542 g/mol. The highest BCUT2D eigenvalue weighted by atomic mass is 16.5. The van der Waals surface area contributed by atoms with Crippen LogP contribution in [0.15, 0.2) is 42.5 Å². The number of aromatic hydroxyl groups is 1. The molecule has 0 atom stereocenters. The molecule has 0 aliphatic carbocycles. The zero-order valence-corrected chi connectivity index (χ0v) is 27.2. The Balaban J connectivity index is 0.000000430. The highest BCUT2D eigenvalue weighted by Gasteiger charge is 2.08. The number of rotatable bonds is 21. The van der Waals surface area contributed by atoms with Crippen molar-refractivity contribution in [1.82, 2.24) is 10.2 Å². The fourth-order valence-corrected chi connectivity index (χ4v) is 4.44. The molecule has 0 saturated heterocycles. The van der Waals surface area contributed by atoms with Crippen LogP contribution in [-0.4, -0.2) is 55.2 Å². The maximum absolute atomic E-state index is 11.9. The quantitative estimate of drug-likeness (QED) is 0.0774. The molecule has 0 aliphatic rings. The molecule has 1 amide bonds. The molecule has 0 unspecified atom stereocenters. The summed E-state index contributed by atoms with van der Waals surface area (Å²) in [6.45, 7) is 10.8. The van der Waals surface area contributed by atoms with Crippen LogP contribution in [0, 0.1) is 0 Å². The Morgan fingerprint density at radius 2 is 1.42 bits per heavy atom. The third kappa shape index (κ3) is 18.1. The molecule has 0 aliphatic heterocycles. The van der Waals surface area contributed by atoms with E-state index >= 15 is 0 Å². The third-order valence-corrected chi connectivity index (χ3v) is 7.15. The summed E-state index contributed by atoms with van der Waals surface area (Å²) in [6.07, 6.45) is 13.5. The van der Waals surface area contributed by atoms with Crippen LogP contribution in [0.2, 0.25) is 0 Å². The molecule has 0 bridgehead atoms. The van der Waals surface area contributed by atoms with Crippen molar-refractivity contribution in [3.8, 4) is 11.5 Å². The van der Waals surface area contributed by atoms with Crippen LogP contribution in [0.5, 0.6) is 11.5 Å². The Kier molecular flexibility index (Phi) is 21.3. The van der Waals surface area contributed by atoms with Crippen molar-refractivity contribution in [2.75, 3.05) is 39.1 Å². The van der Waals surface area contributed by atoms with E-state index in [4.69, 9.17) is 15.2 Å². The van der Waals surface area contributed by atoms with Crippen molar-refractivity contribution in [2.45, 2.75) is 104 Å². The number of hydrogen-bond acceptors (Lipinski definition) is 7. The lowest BCUT2D eigenvalue weighted by molar-refractivity contribution is -0.121. The van der Waals surface area contributed by atoms with Crippen LogP contribution in [0.25, 0.3) is 0 Å². The Morgan fingerprint density at radius 3 is 2.05 bits per heavy atom. The first-order chi connectivity index (χ1) is 20.8. The van der Waals surface area contributed by atoms with Gasteiger partial charge in [-0.3, -0.25) is 4.79 Å². The molecule has 242 valence electrons. The van der Waals surface area contributed by atoms with Crippen molar-refractivity contribution in [2.24, 2.45) is 0 Å². The number of amides is 1. The lowest BCUT2D eigenvalue weighted by Gasteiger charge is -2.21. The average molecular weight is 600 g/mol. The van der Waals surface area contributed by atoms with Crippen LogP contribution in [-0.2, 0) is 16.1 Å². The molecular formula is C35H57N3O5. The second-order valence-electron chi connectivity index (χ2n) is 11.0. The summed E-state index contributed by atoms with van der Waals surface area (Å²) in [5.41, 5.74) is 7.73. The number of nitrogens with one attached hydrogen (secondary N) is 1. The monoisotopic (exact) mass is 599 g/mol.